The zero-order valence-corrected chi connectivity index (χ0v) is 9.49. The van der Waals surface area contributed by atoms with Crippen LogP contribution in [0.1, 0.15) is 32.1 Å². The van der Waals surface area contributed by atoms with Crippen molar-refractivity contribution in [3.05, 3.63) is 0 Å². The number of rotatable bonds is 3. The van der Waals surface area contributed by atoms with Gasteiger partial charge in [-0.15, -0.1) is 12.3 Å². The maximum Gasteiger partial charge on any atom is 0.00982 e. The van der Waals surface area contributed by atoms with Crippen LogP contribution in [0.5, 0.6) is 0 Å². The largest absolute Gasteiger partial charge is 0.327 e. The number of terminal acetylenes is 1. The summed E-state index contributed by atoms with van der Waals surface area (Å²) >= 11 is 0. The van der Waals surface area contributed by atoms with Gasteiger partial charge in [0, 0.05) is 25.6 Å². The Morgan fingerprint density at radius 2 is 2.20 bits per heavy atom. The highest BCUT2D eigenvalue weighted by atomic mass is 15.2. The Hall–Kier alpha value is -0.520. The highest BCUT2D eigenvalue weighted by molar-refractivity contribution is 4.93. The molecule has 15 heavy (non-hydrogen) atoms. The molecule has 1 aliphatic carbocycles. The van der Waals surface area contributed by atoms with Gasteiger partial charge < -0.3 is 10.6 Å². The molecule has 1 heterocycles. The van der Waals surface area contributed by atoms with Crippen molar-refractivity contribution in [3.63, 3.8) is 0 Å². The van der Waals surface area contributed by atoms with Gasteiger partial charge in [-0.05, 0) is 37.6 Å². The first-order valence-electron chi connectivity index (χ1n) is 6.22. The van der Waals surface area contributed by atoms with Gasteiger partial charge in [-0.2, -0.15) is 0 Å². The Bertz CT molecular complexity index is 243. The van der Waals surface area contributed by atoms with Crippen LogP contribution < -0.4 is 5.73 Å². The molecule has 0 bridgehead atoms. The number of likely N-dealkylation sites (tertiary alicyclic amines) is 1. The van der Waals surface area contributed by atoms with Crippen LogP contribution in [0.15, 0.2) is 0 Å². The first-order chi connectivity index (χ1) is 7.31. The molecule has 1 saturated carbocycles. The summed E-state index contributed by atoms with van der Waals surface area (Å²) in [6, 6.07) is 0.460. The molecular formula is C13H22N2. The van der Waals surface area contributed by atoms with Crippen LogP contribution in [0.3, 0.4) is 0 Å². The molecule has 0 amide bonds. The number of nitrogens with two attached hydrogens (primary N) is 1. The lowest BCUT2D eigenvalue weighted by Gasteiger charge is -2.29. The maximum absolute atomic E-state index is 6.18. The van der Waals surface area contributed by atoms with Gasteiger partial charge in [-0.3, -0.25) is 0 Å². The summed E-state index contributed by atoms with van der Waals surface area (Å²) < 4.78 is 0. The van der Waals surface area contributed by atoms with Crippen molar-refractivity contribution in [3.8, 4) is 12.3 Å². The molecule has 2 fully saturated rings. The molecule has 1 saturated heterocycles. The highest BCUT2D eigenvalue weighted by Crippen LogP contribution is 2.35. The van der Waals surface area contributed by atoms with Crippen LogP contribution in [0.25, 0.3) is 0 Å². The number of nitrogens with zero attached hydrogens (tertiary/aromatic N) is 1. The van der Waals surface area contributed by atoms with E-state index < -0.39 is 0 Å². The molecule has 0 radical (unpaired) electrons. The molecule has 3 unspecified atom stereocenters. The first-order valence-corrected chi connectivity index (χ1v) is 6.22. The van der Waals surface area contributed by atoms with Crippen LogP contribution in [0.4, 0.5) is 0 Å². The molecule has 0 aromatic rings. The molecule has 2 aliphatic rings. The van der Waals surface area contributed by atoms with E-state index in [1.54, 1.807) is 0 Å². The van der Waals surface area contributed by atoms with Crippen molar-refractivity contribution in [2.45, 2.75) is 38.1 Å². The van der Waals surface area contributed by atoms with Crippen LogP contribution >= 0.6 is 0 Å². The molecule has 0 aromatic carbocycles. The van der Waals surface area contributed by atoms with Gasteiger partial charge in [-0.1, -0.05) is 6.42 Å². The van der Waals surface area contributed by atoms with E-state index in [9.17, 15) is 0 Å². The third-order valence-corrected chi connectivity index (χ3v) is 4.02. The van der Waals surface area contributed by atoms with Gasteiger partial charge >= 0.3 is 0 Å². The van der Waals surface area contributed by atoms with E-state index in [1.165, 1.54) is 38.9 Å². The summed E-state index contributed by atoms with van der Waals surface area (Å²) in [6.07, 6.45) is 11.3. The Morgan fingerprint density at radius 3 is 2.93 bits per heavy atom. The Labute approximate surface area is 93.2 Å². The van der Waals surface area contributed by atoms with Gasteiger partial charge in [0.05, 0.1) is 0 Å². The maximum atomic E-state index is 6.18. The quantitative estimate of drug-likeness (QED) is 0.559. The Balaban J connectivity index is 1.80. The van der Waals surface area contributed by atoms with Gasteiger partial charge in [0.15, 0.2) is 0 Å². The predicted octanol–water partition coefficient (Wildman–Crippen LogP) is 1.46. The fourth-order valence-electron chi connectivity index (χ4n) is 3.20. The molecule has 1 aliphatic heterocycles. The SMILES string of the molecule is C#CCCCN1CC2CCCC(N)C2C1. The lowest BCUT2D eigenvalue weighted by molar-refractivity contribution is 0.259. The molecule has 0 aromatic heterocycles. The van der Waals surface area contributed by atoms with Gasteiger partial charge in [0.25, 0.3) is 0 Å². The van der Waals surface area contributed by atoms with Crippen LogP contribution in [0.2, 0.25) is 0 Å². The number of hydrogen-bond donors (Lipinski definition) is 1. The normalized spacial score (nSPS) is 36.1. The minimum atomic E-state index is 0.460. The third-order valence-electron chi connectivity index (χ3n) is 4.02. The average Bonchev–Trinajstić information content (AvgIpc) is 2.63. The summed E-state index contributed by atoms with van der Waals surface area (Å²) in [6.45, 7) is 3.66. The summed E-state index contributed by atoms with van der Waals surface area (Å²) in [7, 11) is 0. The van der Waals surface area contributed by atoms with Crippen molar-refractivity contribution in [2.24, 2.45) is 17.6 Å². The fraction of sp³-hybridized carbons (Fsp3) is 0.846. The number of unbranched alkanes of at least 4 members (excludes halogenated alkanes) is 1. The fourth-order valence-corrected chi connectivity index (χ4v) is 3.20. The van der Waals surface area contributed by atoms with Gasteiger partial charge in [-0.25, -0.2) is 0 Å². The van der Waals surface area contributed by atoms with Crippen molar-refractivity contribution >= 4 is 0 Å². The van der Waals surface area contributed by atoms with Crippen molar-refractivity contribution in [1.29, 1.82) is 0 Å². The van der Waals surface area contributed by atoms with E-state index in [0.717, 1.165) is 24.7 Å². The van der Waals surface area contributed by atoms with E-state index >= 15 is 0 Å². The molecular weight excluding hydrogens is 184 g/mol. The van der Waals surface area contributed by atoms with E-state index in [1.807, 2.05) is 0 Å². The second-order valence-electron chi connectivity index (χ2n) is 5.09. The van der Waals surface area contributed by atoms with Crippen molar-refractivity contribution in [1.82, 2.24) is 4.90 Å². The molecule has 2 nitrogen and oxygen atoms in total. The minimum absolute atomic E-state index is 0.460. The molecule has 2 rings (SSSR count). The zero-order valence-electron chi connectivity index (χ0n) is 9.49. The van der Waals surface area contributed by atoms with Crippen LogP contribution in [0, 0.1) is 24.2 Å². The average molecular weight is 206 g/mol. The molecule has 0 spiro atoms. The molecule has 2 heteroatoms. The first kappa shape index (κ1) is 11.0. The number of hydrogen-bond acceptors (Lipinski definition) is 2. The van der Waals surface area contributed by atoms with Crippen LogP contribution in [-0.2, 0) is 0 Å². The highest BCUT2D eigenvalue weighted by Gasteiger charge is 2.38. The standard InChI is InChI=1S/C13H22N2/c1-2-3-4-8-15-9-11-6-5-7-13(14)12(11)10-15/h1,11-13H,3-10,14H2. The Kier molecular flexibility index (Phi) is 3.66. The summed E-state index contributed by atoms with van der Waals surface area (Å²) in [5.41, 5.74) is 6.18. The van der Waals surface area contributed by atoms with Crippen LogP contribution in [-0.4, -0.2) is 30.6 Å². The van der Waals surface area contributed by atoms with E-state index in [0.29, 0.717) is 6.04 Å². The van der Waals surface area contributed by atoms with E-state index in [2.05, 4.69) is 10.8 Å². The third kappa shape index (κ3) is 2.53. The van der Waals surface area contributed by atoms with Crippen molar-refractivity contribution < 1.29 is 0 Å². The monoisotopic (exact) mass is 206 g/mol. The number of fused-ring (bicyclic) bond motifs is 1. The smallest absolute Gasteiger partial charge is 0.00982 e. The van der Waals surface area contributed by atoms with E-state index in [-0.39, 0.29) is 0 Å². The van der Waals surface area contributed by atoms with Crippen molar-refractivity contribution in [2.75, 3.05) is 19.6 Å². The van der Waals surface area contributed by atoms with E-state index in [4.69, 9.17) is 12.2 Å². The molecule has 3 atom stereocenters. The Morgan fingerprint density at radius 1 is 1.33 bits per heavy atom. The second-order valence-corrected chi connectivity index (χ2v) is 5.09. The topological polar surface area (TPSA) is 29.3 Å². The van der Waals surface area contributed by atoms with Gasteiger partial charge in [0.2, 0.25) is 0 Å². The molecule has 2 N–H and O–H groups in total. The summed E-state index contributed by atoms with van der Waals surface area (Å²) in [4.78, 5) is 2.57. The zero-order chi connectivity index (χ0) is 10.7. The summed E-state index contributed by atoms with van der Waals surface area (Å²) in [5, 5.41) is 0. The molecule has 84 valence electrons. The van der Waals surface area contributed by atoms with Gasteiger partial charge in [0.1, 0.15) is 0 Å². The predicted molar refractivity (Wildman–Crippen MR) is 63.3 cm³/mol. The second kappa shape index (κ2) is 5.01. The minimum Gasteiger partial charge on any atom is -0.327 e. The lowest BCUT2D eigenvalue weighted by atomic mass is 9.78. The lowest BCUT2D eigenvalue weighted by Crippen LogP contribution is -2.38. The summed E-state index contributed by atoms with van der Waals surface area (Å²) in [5.74, 6) is 4.35.